The summed E-state index contributed by atoms with van der Waals surface area (Å²) in [6.45, 7) is 5.31. The van der Waals surface area contributed by atoms with E-state index in [0.717, 1.165) is 24.9 Å². The molecule has 0 spiro atoms. The number of fused-ring (bicyclic) bond motifs is 1. The molecule has 2 aromatic rings. The van der Waals surface area contributed by atoms with Crippen molar-refractivity contribution in [3.8, 4) is 0 Å². The third kappa shape index (κ3) is 3.60. The molecule has 2 fully saturated rings. The van der Waals surface area contributed by atoms with Gasteiger partial charge in [-0.2, -0.15) is 0 Å². The van der Waals surface area contributed by atoms with Crippen LogP contribution in [-0.2, 0) is 14.2 Å². The van der Waals surface area contributed by atoms with E-state index in [1.165, 1.54) is 0 Å². The fourth-order valence-electron chi connectivity index (χ4n) is 3.65. The first-order chi connectivity index (χ1) is 13.6. The highest BCUT2D eigenvalue weighted by atomic mass is 79.9. The summed E-state index contributed by atoms with van der Waals surface area (Å²) in [5.41, 5.74) is 1.96. The molecule has 0 aromatic carbocycles. The Balaban J connectivity index is 1.92. The van der Waals surface area contributed by atoms with Gasteiger partial charge in [0.1, 0.15) is 16.9 Å². The molecule has 0 amide bonds. The molecule has 0 bridgehead atoms. The first-order valence-electron chi connectivity index (χ1n) is 9.50. The molecule has 2 aromatic heterocycles. The number of pyridine rings is 1. The molecule has 152 valence electrons. The lowest BCUT2D eigenvalue weighted by atomic mass is 10.2. The average Bonchev–Trinajstić information content (AvgIpc) is 3.09. The number of ether oxygens (including phenoxy) is 3. The summed E-state index contributed by atoms with van der Waals surface area (Å²) >= 11 is 10.0. The van der Waals surface area contributed by atoms with Crippen molar-refractivity contribution in [1.82, 2.24) is 14.5 Å². The molecule has 1 unspecified atom stereocenters. The smallest absolute Gasteiger partial charge is 0.374 e. The molecule has 0 aliphatic carbocycles. The lowest BCUT2D eigenvalue weighted by molar-refractivity contribution is -0.0321. The zero-order valence-corrected chi connectivity index (χ0v) is 18.0. The monoisotopic (exact) mass is 472 g/mol. The van der Waals surface area contributed by atoms with E-state index in [-0.39, 0.29) is 18.7 Å². The van der Waals surface area contributed by atoms with Gasteiger partial charge >= 0.3 is 5.97 Å². The molecule has 2 aliphatic rings. The average molecular weight is 474 g/mol. The summed E-state index contributed by atoms with van der Waals surface area (Å²) in [6.07, 6.45) is 2.46. The van der Waals surface area contributed by atoms with Crippen molar-refractivity contribution >= 4 is 50.4 Å². The molecule has 8 nitrogen and oxygen atoms in total. The Labute approximate surface area is 176 Å². The zero-order valence-electron chi connectivity index (χ0n) is 15.6. The van der Waals surface area contributed by atoms with Crippen molar-refractivity contribution in [1.29, 1.82) is 0 Å². The van der Waals surface area contributed by atoms with Gasteiger partial charge in [-0.15, -0.1) is 0 Å². The van der Waals surface area contributed by atoms with Gasteiger partial charge in [-0.3, -0.25) is 4.57 Å². The van der Waals surface area contributed by atoms with Gasteiger partial charge in [-0.25, -0.2) is 14.8 Å². The van der Waals surface area contributed by atoms with Crippen molar-refractivity contribution in [3.05, 3.63) is 15.5 Å². The molecule has 4 heterocycles. The number of carbonyl (C=O) groups is 1. The fraction of sp³-hybridized carbons (Fsp3) is 0.611. The second-order valence-corrected chi connectivity index (χ2v) is 7.83. The molecule has 1 atom stereocenters. The third-order valence-corrected chi connectivity index (χ3v) is 6.19. The zero-order chi connectivity index (χ0) is 19.7. The Hall–Kier alpha value is -1.42. The number of esters is 1. The van der Waals surface area contributed by atoms with E-state index in [2.05, 4.69) is 30.8 Å². The highest BCUT2D eigenvalue weighted by molar-refractivity contribution is 9.10. The van der Waals surface area contributed by atoms with Crippen molar-refractivity contribution in [2.24, 2.45) is 0 Å². The topological polar surface area (TPSA) is 78.7 Å². The maximum absolute atomic E-state index is 12.7. The molecule has 0 N–H and O–H groups in total. The summed E-state index contributed by atoms with van der Waals surface area (Å²) in [7, 11) is 0. The van der Waals surface area contributed by atoms with Gasteiger partial charge in [0.25, 0.3) is 0 Å². The number of anilines is 1. The molecule has 2 aliphatic heterocycles. The standard InChI is InChI=1S/C18H22BrClN4O4/c1-2-27-18(25)17-21-13-14(23-6-9-26-10-7-23)12(19)15(20)22-16(13)24(17)11-5-3-4-8-28-11/h11H,2-10H2,1H3. The van der Waals surface area contributed by atoms with Crippen LogP contribution in [0.15, 0.2) is 4.47 Å². The summed E-state index contributed by atoms with van der Waals surface area (Å²) in [5.74, 6) is -0.297. The van der Waals surface area contributed by atoms with Gasteiger partial charge < -0.3 is 19.1 Å². The van der Waals surface area contributed by atoms with E-state index in [0.29, 0.717) is 53.7 Å². The Morgan fingerprint density at radius 1 is 1.29 bits per heavy atom. The summed E-state index contributed by atoms with van der Waals surface area (Å²) in [6, 6.07) is 0. The van der Waals surface area contributed by atoms with E-state index >= 15 is 0 Å². The van der Waals surface area contributed by atoms with Crippen molar-refractivity contribution < 1.29 is 19.0 Å². The Morgan fingerprint density at radius 2 is 2.07 bits per heavy atom. The summed E-state index contributed by atoms with van der Waals surface area (Å²) in [4.78, 5) is 24.0. The lowest BCUT2D eigenvalue weighted by Gasteiger charge is -2.30. The number of imidazole rings is 1. The first kappa shape index (κ1) is 19.9. The Bertz CT molecular complexity index is 878. The van der Waals surface area contributed by atoms with Crippen LogP contribution in [0, 0.1) is 0 Å². The first-order valence-corrected chi connectivity index (χ1v) is 10.7. The minimum atomic E-state index is -0.491. The van der Waals surface area contributed by atoms with Crippen LogP contribution >= 0.6 is 27.5 Å². The molecular formula is C18H22BrClN4O4. The number of halogens is 2. The van der Waals surface area contributed by atoms with Crippen LogP contribution in [0.2, 0.25) is 5.15 Å². The quantitative estimate of drug-likeness (QED) is 0.496. The number of rotatable bonds is 4. The summed E-state index contributed by atoms with van der Waals surface area (Å²) < 4.78 is 19.1. The van der Waals surface area contributed by atoms with Crippen LogP contribution in [0.1, 0.15) is 43.0 Å². The maximum Gasteiger partial charge on any atom is 0.374 e. The van der Waals surface area contributed by atoms with E-state index in [1.807, 2.05) is 0 Å². The van der Waals surface area contributed by atoms with E-state index < -0.39 is 5.97 Å². The Morgan fingerprint density at radius 3 is 2.75 bits per heavy atom. The predicted molar refractivity (Wildman–Crippen MR) is 108 cm³/mol. The lowest BCUT2D eigenvalue weighted by Crippen LogP contribution is -2.36. The second kappa shape index (κ2) is 8.52. The number of carbonyl (C=O) groups excluding carboxylic acids is 1. The minimum absolute atomic E-state index is 0.194. The highest BCUT2D eigenvalue weighted by Gasteiger charge is 2.31. The van der Waals surface area contributed by atoms with Crippen LogP contribution in [-0.4, -0.2) is 60.0 Å². The van der Waals surface area contributed by atoms with Crippen molar-refractivity contribution in [2.45, 2.75) is 32.4 Å². The van der Waals surface area contributed by atoms with Crippen molar-refractivity contribution in [3.63, 3.8) is 0 Å². The number of hydrogen-bond acceptors (Lipinski definition) is 7. The molecule has 0 saturated carbocycles. The van der Waals surface area contributed by atoms with Crippen molar-refractivity contribution in [2.75, 3.05) is 44.4 Å². The number of hydrogen-bond donors (Lipinski definition) is 0. The number of nitrogens with zero attached hydrogens (tertiary/aromatic N) is 4. The van der Waals surface area contributed by atoms with Crippen LogP contribution in [0.4, 0.5) is 5.69 Å². The Kier molecular flexibility index (Phi) is 6.05. The van der Waals surface area contributed by atoms with Gasteiger partial charge in [-0.05, 0) is 42.1 Å². The van der Waals surface area contributed by atoms with Crippen LogP contribution in [0.5, 0.6) is 0 Å². The van der Waals surface area contributed by atoms with Gasteiger partial charge in [0, 0.05) is 19.7 Å². The van der Waals surface area contributed by atoms with Gasteiger partial charge in [0.15, 0.2) is 5.65 Å². The minimum Gasteiger partial charge on any atom is -0.460 e. The van der Waals surface area contributed by atoms with E-state index in [4.69, 9.17) is 25.8 Å². The predicted octanol–water partition coefficient (Wildman–Crippen LogP) is 3.56. The van der Waals surface area contributed by atoms with Gasteiger partial charge in [0.05, 0.1) is 30.0 Å². The number of aromatic nitrogens is 3. The van der Waals surface area contributed by atoms with Crippen LogP contribution < -0.4 is 4.90 Å². The SMILES string of the molecule is CCOC(=O)c1nc2c(N3CCOCC3)c(Br)c(Cl)nc2n1C1CCCCO1. The van der Waals surface area contributed by atoms with Gasteiger partial charge in [0.2, 0.25) is 5.82 Å². The van der Waals surface area contributed by atoms with E-state index in [1.54, 1.807) is 11.5 Å². The summed E-state index contributed by atoms with van der Waals surface area (Å²) in [5, 5.41) is 0.321. The largest absolute Gasteiger partial charge is 0.460 e. The van der Waals surface area contributed by atoms with Gasteiger partial charge in [-0.1, -0.05) is 11.6 Å². The molecule has 2 saturated heterocycles. The second-order valence-electron chi connectivity index (χ2n) is 6.68. The molecule has 28 heavy (non-hydrogen) atoms. The number of morpholine rings is 1. The maximum atomic E-state index is 12.7. The molecule has 10 heteroatoms. The third-order valence-electron chi connectivity index (χ3n) is 4.93. The molecular weight excluding hydrogens is 452 g/mol. The molecule has 4 rings (SSSR count). The molecule has 0 radical (unpaired) electrons. The fourth-order valence-corrected chi connectivity index (χ4v) is 4.35. The van der Waals surface area contributed by atoms with Crippen LogP contribution in [0.25, 0.3) is 11.2 Å². The highest BCUT2D eigenvalue weighted by Crippen LogP contribution is 2.40. The normalized spacial score (nSPS) is 20.5. The van der Waals surface area contributed by atoms with Crippen LogP contribution in [0.3, 0.4) is 0 Å². The van der Waals surface area contributed by atoms with E-state index in [9.17, 15) is 4.79 Å².